The second-order valence-corrected chi connectivity index (χ2v) is 3.06. The third-order valence-electron chi connectivity index (χ3n) is 2.39. The van der Waals surface area contributed by atoms with Gasteiger partial charge in [0, 0.05) is 32.2 Å². The van der Waals surface area contributed by atoms with Crippen molar-refractivity contribution in [2.24, 2.45) is 0 Å². The summed E-state index contributed by atoms with van der Waals surface area (Å²) in [6.45, 7) is 4.76. The lowest BCUT2D eigenvalue weighted by atomic mass is 10.1. The molecule has 2 heteroatoms. The van der Waals surface area contributed by atoms with E-state index in [-0.39, 0.29) is 0 Å². The second kappa shape index (κ2) is 2.72. The summed E-state index contributed by atoms with van der Waals surface area (Å²) in [5, 5.41) is 3.41. The van der Waals surface area contributed by atoms with E-state index in [1.54, 1.807) is 0 Å². The summed E-state index contributed by atoms with van der Waals surface area (Å²) < 4.78 is 0. The van der Waals surface area contributed by atoms with Crippen LogP contribution in [0.3, 0.4) is 0 Å². The Morgan fingerprint density at radius 1 is 1.40 bits per heavy atom. The van der Waals surface area contributed by atoms with E-state index in [1.165, 1.54) is 32.6 Å². The van der Waals surface area contributed by atoms with E-state index in [9.17, 15) is 0 Å². The van der Waals surface area contributed by atoms with Gasteiger partial charge in [0.05, 0.1) is 0 Å². The van der Waals surface area contributed by atoms with Crippen molar-refractivity contribution in [3.63, 3.8) is 0 Å². The number of nitrogens with zero attached hydrogens (tertiary/aromatic N) is 1. The molecule has 0 spiro atoms. The predicted molar refractivity (Wildman–Crippen MR) is 42.0 cm³/mol. The Kier molecular flexibility index (Phi) is 1.74. The molecule has 0 aromatic carbocycles. The molecule has 1 unspecified atom stereocenters. The average Bonchev–Trinajstić information content (AvgIpc) is 2.05. The minimum Gasteiger partial charge on any atom is -0.314 e. The molecule has 1 saturated heterocycles. The van der Waals surface area contributed by atoms with Crippen molar-refractivity contribution in [3.8, 4) is 0 Å². The topological polar surface area (TPSA) is 15.3 Å². The van der Waals surface area contributed by atoms with Crippen molar-refractivity contribution in [1.82, 2.24) is 10.2 Å². The van der Waals surface area contributed by atoms with Crippen LogP contribution in [0.5, 0.6) is 0 Å². The summed E-state index contributed by atoms with van der Waals surface area (Å²) in [6.07, 6.45) is 5.82. The number of hydrogen-bond acceptors (Lipinski definition) is 2. The Balaban J connectivity index is 2.01. The molecule has 0 aliphatic carbocycles. The summed E-state index contributed by atoms with van der Waals surface area (Å²) in [4.78, 5) is 2.55. The fourth-order valence-electron chi connectivity index (χ4n) is 1.74. The molecule has 0 radical (unpaired) electrons. The van der Waals surface area contributed by atoms with E-state index in [2.05, 4.69) is 22.4 Å². The molecule has 2 aliphatic rings. The number of nitrogens with one attached hydrogen (secondary N) is 1. The van der Waals surface area contributed by atoms with E-state index in [1.807, 2.05) is 0 Å². The van der Waals surface area contributed by atoms with Crippen molar-refractivity contribution in [1.29, 1.82) is 0 Å². The Morgan fingerprint density at radius 2 is 2.40 bits per heavy atom. The maximum atomic E-state index is 3.41. The Morgan fingerprint density at radius 3 is 3.30 bits per heavy atom. The van der Waals surface area contributed by atoms with Gasteiger partial charge in [-0.05, 0) is 6.42 Å². The smallest absolute Gasteiger partial charge is 0.0258 e. The van der Waals surface area contributed by atoms with Gasteiger partial charge in [-0.2, -0.15) is 0 Å². The molecule has 1 N–H and O–H groups in total. The third kappa shape index (κ3) is 1.09. The zero-order valence-corrected chi connectivity index (χ0v) is 6.21. The minimum absolute atomic E-state index is 0.791. The van der Waals surface area contributed by atoms with E-state index in [0.717, 1.165) is 6.04 Å². The largest absolute Gasteiger partial charge is 0.314 e. The molecule has 0 aromatic heterocycles. The second-order valence-electron chi connectivity index (χ2n) is 3.06. The van der Waals surface area contributed by atoms with Gasteiger partial charge >= 0.3 is 0 Å². The zero-order valence-electron chi connectivity index (χ0n) is 6.21. The molecule has 2 aliphatic heterocycles. The predicted octanol–water partition coefficient (Wildman–Crippen LogP) is 0.220. The summed E-state index contributed by atoms with van der Waals surface area (Å²) >= 11 is 0. The van der Waals surface area contributed by atoms with Crippen LogP contribution < -0.4 is 5.32 Å². The van der Waals surface area contributed by atoms with E-state index < -0.39 is 0 Å². The maximum absolute atomic E-state index is 3.41. The third-order valence-corrected chi connectivity index (χ3v) is 2.39. The van der Waals surface area contributed by atoms with Crippen molar-refractivity contribution < 1.29 is 0 Å². The molecule has 56 valence electrons. The summed E-state index contributed by atoms with van der Waals surface area (Å²) in [5.41, 5.74) is 0. The van der Waals surface area contributed by atoms with Gasteiger partial charge in [0.2, 0.25) is 0 Å². The lowest BCUT2D eigenvalue weighted by molar-refractivity contribution is 0.172. The van der Waals surface area contributed by atoms with E-state index >= 15 is 0 Å². The van der Waals surface area contributed by atoms with Crippen LogP contribution in [0.15, 0.2) is 12.2 Å². The van der Waals surface area contributed by atoms with Crippen LogP contribution in [0.4, 0.5) is 0 Å². The van der Waals surface area contributed by atoms with E-state index in [4.69, 9.17) is 0 Å². The Hall–Kier alpha value is -0.340. The molecule has 0 bridgehead atoms. The Labute approximate surface area is 61.9 Å². The lowest BCUT2D eigenvalue weighted by Crippen LogP contribution is -2.51. The van der Waals surface area contributed by atoms with E-state index in [0.29, 0.717) is 0 Å². The fraction of sp³-hybridized carbons (Fsp3) is 0.750. The highest BCUT2D eigenvalue weighted by atomic mass is 15.2. The number of piperazine rings is 1. The van der Waals surface area contributed by atoms with Crippen molar-refractivity contribution in [2.45, 2.75) is 12.5 Å². The fourth-order valence-corrected chi connectivity index (χ4v) is 1.74. The maximum Gasteiger partial charge on any atom is 0.0258 e. The average molecular weight is 138 g/mol. The van der Waals surface area contributed by atoms with Crippen LogP contribution >= 0.6 is 0 Å². The lowest BCUT2D eigenvalue weighted by Gasteiger charge is -2.37. The van der Waals surface area contributed by atoms with Crippen molar-refractivity contribution in [3.05, 3.63) is 12.2 Å². The van der Waals surface area contributed by atoms with Crippen molar-refractivity contribution in [2.75, 3.05) is 26.2 Å². The molecule has 2 rings (SSSR count). The quantitative estimate of drug-likeness (QED) is 0.482. The molecule has 0 saturated carbocycles. The summed E-state index contributed by atoms with van der Waals surface area (Å²) in [5.74, 6) is 0. The molecule has 1 fully saturated rings. The SMILES string of the molecule is C1=CCN2CCNCC2C1. The van der Waals surface area contributed by atoms with Crippen LogP contribution in [0.2, 0.25) is 0 Å². The van der Waals surface area contributed by atoms with Crippen LogP contribution in [0.1, 0.15) is 6.42 Å². The van der Waals surface area contributed by atoms with Crippen LogP contribution in [-0.2, 0) is 0 Å². The van der Waals surface area contributed by atoms with Crippen LogP contribution in [0.25, 0.3) is 0 Å². The first-order chi connectivity index (χ1) is 4.97. The monoisotopic (exact) mass is 138 g/mol. The summed E-state index contributed by atoms with van der Waals surface area (Å²) in [6, 6.07) is 0.791. The molecule has 2 nitrogen and oxygen atoms in total. The van der Waals surface area contributed by atoms with Gasteiger partial charge in [-0.1, -0.05) is 12.2 Å². The molecule has 10 heavy (non-hydrogen) atoms. The molecular formula is C8H14N2. The number of hydrogen-bond donors (Lipinski definition) is 1. The van der Waals surface area contributed by atoms with Gasteiger partial charge in [-0.3, -0.25) is 4.90 Å². The van der Waals surface area contributed by atoms with Gasteiger partial charge < -0.3 is 5.32 Å². The first-order valence-electron chi connectivity index (χ1n) is 4.06. The molecule has 0 aromatic rings. The number of rotatable bonds is 0. The minimum atomic E-state index is 0.791. The standard InChI is InChI=1S/C8H14N2/c1-2-5-10-6-4-9-7-8(10)3-1/h1-2,8-9H,3-7H2. The normalized spacial score (nSPS) is 33.8. The number of fused-ring (bicyclic) bond motifs is 1. The van der Waals surface area contributed by atoms with Gasteiger partial charge in [-0.25, -0.2) is 0 Å². The molecule has 1 atom stereocenters. The van der Waals surface area contributed by atoms with Gasteiger partial charge in [0.1, 0.15) is 0 Å². The van der Waals surface area contributed by atoms with Crippen LogP contribution in [0, 0.1) is 0 Å². The molecule has 0 amide bonds. The summed E-state index contributed by atoms with van der Waals surface area (Å²) in [7, 11) is 0. The highest BCUT2D eigenvalue weighted by Crippen LogP contribution is 2.11. The zero-order chi connectivity index (χ0) is 6.81. The first-order valence-corrected chi connectivity index (χ1v) is 4.06. The van der Waals surface area contributed by atoms with Gasteiger partial charge in [0.25, 0.3) is 0 Å². The molecule has 2 heterocycles. The van der Waals surface area contributed by atoms with Gasteiger partial charge in [0.15, 0.2) is 0 Å². The highest BCUT2D eigenvalue weighted by Gasteiger charge is 2.21. The van der Waals surface area contributed by atoms with Gasteiger partial charge in [-0.15, -0.1) is 0 Å². The molecular weight excluding hydrogens is 124 g/mol. The Bertz CT molecular complexity index is 126. The van der Waals surface area contributed by atoms with Crippen LogP contribution in [-0.4, -0.2) is 37.1 Å². The first kappa shape index (κ1) is 6.38. The highest BCUT2D eigenvalue weighted by molar-refractivity contribution is 4.98. The van der Waals surface area contributed by atoms with Crippen molar-refractivity contribution >= 4 is 0 Å².